The summed E-state index contributed by atoms with van der Waals surface area (Å²) in [6.45, 7) is 6.11. The molecular formula is C21H29FN2. The van der Waals surface area contributed by atoms with Gasteiger partial charge in [-0.3, -0.25) is 4.90 Å². The topological polar surface area (TPSA) is 6.48 Å². The number of hydrogen-bond donors (Lipinski definition) is 0. The molecule has 0 aliphatic carbocycles. The van der Waals surface area contributed by atoms with E-state index in [1.165, 1.54) is 62.9 Å². The minimum Gasteiger partial charge on any atom is -0.300 e. The molecule has 4 rings (SSSR count). The van der Waals surface area contributed by atoms with E-state index in [9.17, 15) is 4.39 Å². The van der Waals surface area contributed by atoms with Crippen LogP contribution in [-0.2, 0) is 0 Å². The summed E-state index contributed by atoms with van der Waals surface area (Å²) in [5.41, 5.74) is 2.57. The van der Waals surface area contributed by atoms with Crippen LogP contribution in [0, 0.1) is 11.7 Å². The first-order valence-corrected chi connectivity index (χ1v) is 9.71. The molecule has 3 heteroatoms. The summed E-state index contributed by atoms with van der Waals surface area (Å²) in [6, 6.07) is 7.81. The van der Waals surface area contributed by atoms with Crippen molar-refractivity contribution in [3.8, 4) is 0 Å². The van der Waals surface area contributed by atoms with E-state index >= 15 is 0 Å². The van der Waals surface area contributed by atoms with Gasteiger partial charge in [0.2, 0.25) is 0 Å². The van der Waals surface area contributed by atoms with E-state index in [0.29, 0.717) is 0 Å². The predicted molar refractivity (Wildman–Crippen MR) is 97.4 cm³/mol. The summed E-state index contributed by atoms with van der Waals surface area (Å²) >= 11 is 0. The zero-order valence-electron chi connectivity index (χ0n) is 14.6. The molecule has 2 atom stereocenters. The molecule has 3 aliphatic heterocycles. The third kappa shape index (κ3) is 3.57. The molecule has 0 N–H and O–H groups in total. The molecule has 0 spiro atoms. The van der Waals surface area contributed by atoms with Gasteiger partial charge in [0.15, 0.2) is 0 Å². The summed E-state index contributed by atoms with van der Waals surface area (Å²) < 4.78 is 13.1. The highest BCUT2D eigenvalue weighted by Crippen LogP contribution is 2.32. The van der Waals surface area contributed by atoms with Crippen LogP contribution in [0.4, 0.5) is 4.39 Å². The fourth-order valence-electron chi connectivity index (χ4n) is 4.92. The number of fused-ring (bicyclic) bond motifs is 1. The first-order chi connectivity index (χ1) is 11.8. The molecule has 1 aromatic rings. The van der Waals surface area contributed by atoms with Crippen LogP contribution in [0.2, 0.25) is 0 Å². The van der Waals surface area contributed by atoms with Crippen molar-refractivity contribution in [3.63, 3.8) is 0 Å². The molecule has 130 valence electrons. The maximum Gasteiger partial charge on any atom is 0.123 e. The molecule has 2 saturated heterocycles. The molecule has 0 amide bonds. The molecule has 2 fully saturated rings. The monoisotopic (exact) mass is 328 g/mol. The molecule has 24 heavy (non-hydrogen) atoms. The van der Waals surface area contributed by atoms with Crippen LogP contribution in [0.25, 0.3) is 5.57 Å². The Morgan fingerprint density at radius 3 is 2.58 bits per heavy atom. The van der Waals surface area contributed by atoms with Gasteiger partial charge in [-0.25, -0.2) is 4.39 Å². The van der Waals surface area contributed by atoms with E-state index in [1.54, 1.807) is 12.1 Å². The molecule has 3 heterocycles. The summed E-state index contributed by atoms with van der Waals surface area (Å²) in [7, 11) is 0. The maximum atomic E-state index is 13.1. The SMILES string of the molecule is Fc1ccc(C2=CCN(C[C@@H]3CCCN4CCCC[C@H]34)CC2)cc1. The Balaban J connectivity index is 1.36. The van der Waals surface area contributed by atoms with Crippen LogP contribution in [0.5, 0.6) is 0 Å². The highest BCUT2D eigenvalue weighted by molar-refractivity contribution is 5.66. The summed E-state index contributed by atoms with van der Waals surface area (Å²) in [6.07, 6.45) is 10.5. The Morgan fingerprint density at radius 2 is 1.79 bits per heavy atom. The largest absolute Gasteiger partial charge is 0.300 e. The lowest BCUT2D eigenvalue weighted by molar-refractivity contribution is 0.0421. The molecule has 2 nitrogen and oxygen atoms in total. The molecule has 0 unspecified atom stereocenters. The minimum absolute atomic E-state index is 0.147. The van der Waals surface area contributed by atoms with Crippen LogP contribution in [-0.4, -0.2) is 48.6 Å². The second kappa shape index (κ2) is 7.37. The Bertz CT molecular complexity index is 578. The molecule has 1 aromatic carbocycles. The quantitative estimate of drug-likeness (QED) is 0.821. The lowest BCUT2D eigenvalue weighted by atomic mass is 9.83. The van der Waals surface area contributed by atoms with Gasteiger partial charge >= 0.3 is 0 Å². The molecule has 0 saturated carbocycles. The first-order valence-electron chi connectivity index (χ1n) is 9.71. The van der Waals surface area contributed by atoms with Crippen LogP contribution in [0.15, 0.2) is 30.3 Å². The Hall–Kier alpha value is -1.19. The van der Waals surface area contributed by atoms with Crippen molar-refractivity contribution in [2.45, 2.75) is 44.6 Å². The van der Waals surface area contributed by atoms with Crippen molar-refractivity contribution in [1.82, 2.24) is 9.80 Å². The zero-order valence-corrected chi connectivity index (χ0v) is 14.6. The summed E-state index contributed by atoms with van der Waals surface area (Å²) in [5, 5.41) is 0. The van der Waals surface area contributed by atoms with Crippen LogP contribution >= 0.6 is 0 Å². The van der Waals surface area contributed by atoms with Gasteiger partial charge in [-0.1, -0.05) is 24.6 Å². The second-order valence-corrected chi connectivity index (χ2v) is 7.75. The van der Waals surface area contributed by atoms with E-state index in [0.717, 1.165) is 31.5 Å². The van der Waals surface area contributed by atoms with Crippen LogP contribution in [0.1, 0.15) is 44.1 Å². The highest BCUT2D eigenvalue weighted by Gasteiger charge is 2.33. The third-order valence-corrected chi connectivity index (χ3v) is 6.23. The van der Waals surface area contributed by atoms with Crippen LogP contribution in [0.3, 0.4) is 0 Å². The van der Waals surface area contributed by atoms with Crippen molar-refractivity contribution >= 4 is 5.57 Å². The van der Waals surface area contributed by atoms with Crippen LogP contribution < -0.4 is 0 Å². The Labute approximate surface area is 145 Å². The zero-order chi connectivity index (χ0) is 16.4. The average molecular weight is 328 g/mol. The van der Waals surface area contributed by atoms with Crippen molar-refractivity contribution in [1.29, 1.82) is 0 Å². The predicted octanol–water partition coefficient (Wildman–Crippen LogP) is 4.18. The maximum absolute atomic E-state index is 13.1. The van der Waals surface area contributed by atoms with Gasteiger partial charge in [0.05, 0.1) is 0 Å². The Kier molecular flexibility index (Phi) is 5.00. The second-order valence-electron chi connectivity index (χ2n) is 7.75. The fraction of sp³-hybridized carbons (Fsp3) is 0.619. The summed E-state index contributed by atoms with van der Waals surface area (Å²) in [4.78, 5) is 5.40. The Morgan fingerprint density at radius 1 is 0.958 bits per heavy atom. The number of nitrogens with zero attached hydrogens (tertiary/aromatic N) is 2. The van der Waals surface area contributed by atoms with Gasteiger partial charge in [0, 0.05) is 25.7 Å². The van der Waals surface area contributed by atoms with E-state index in [1.807, 2.05) is 12.1 Å². The van der Waals surface area contributed by atoms with E-state index in [2.05, 4.69) is 15.9 Å². The number of hydrogen-bond acceptors (Lipinski definition) is 2. The number of benzene rings is 1. The van der Waals surface area contributed by atoms with E-state index in [-0.39, 0.29) is 5.82 Å². The standard InChI is InChI=1S/C21H29FN2/c22-20-8-6-17(7-9-20)18-10-14-23(15-11-18)16-19-4-3-13-24-12-2-1-5-21(19)24/h6-10,19,21H,1-5,11-16H2/t19-,21+/m0/s1. The molecule has 0 bridgehead atoms. The number of piperidine rings is 2. The first kappa shape index (κ1) is 16.3. The smallest absolute Gasteiger partial charge is 0.123 e. The normalized spacial score (nSPS) is 29.1. The van der Waals surface area contributed by atoms with Crippen molar-refractivity contribution in [2.75, 3.05) is 32.7 Å². The number of rotatable bonds is 3. The minimum atomic E-state index is -0.147. The molecule has 3 aliphatic rings. The van der Waals surface area contributed by atoms with Crippen molar-refractivity contribution in [3.05, 3.63) is 41.7 Å². The average Bonchev–Trinajstić information content (AvgIpc) is 2.63. The highest BCUT2D eigenvalue weighted by atomic mass is 19.1. The van der Waals surface area contributed by atoms with E-state index < -0.39 is 0 Å². The van der Waals surface area contributed by atoms with Crippen molar-refractivity contribution in [2.24, 2.45) is 5.92 Å². The van der Waals surface area contributed by atoms with Crippen molar-refractivity contribution < 1.29 is 4.39 Å². The van der Waals surface area contributed by atoms with Gasteiger partial charge < -0.3 is 4.90 Å². The lowest BCUT2D eigenvalue weighted by Gasteiger charge is -2.46. The molecular weight excluding hydrogens is 299 g/mol. The van der Waals surface area contributed by atoms with Gasteiger partial charge in [0.1, 0.15) is 5.82 Å². The lowest BCUT2D eigenvalue weighted by Crippen LogP contribution is -2.51. The van der Waals surface area contributed by atoms with Gasteiger partial charge in [0.25, 0.3) is 0 Å². The van der Waals surface area contributed by atoms with E-state index in [4.69, 9.17) is 0 Å². The number of halogens is 1. The van der Waals surface area contributed by atoms with Gasteiger partial charge in [-0.05, 0) is 74.4 Å². The molecule has 0 radical (unpaired) electrons. The summed E-state index contributed by atoms with van der Waals surface area (Å²) in [5.74, 6) is 0.714. The molecule has 0 aromatic heterocycles. The van der Waals surface area contributed by atoms with Gasteiger partial charge in [-0.2, -0.15) is 0 Å². The third-order valence-electron chi connectivity index (χ3n) is 6.23. The van der Waals surface area contributed by atoms with Gasteiger partial charge in [-0.15, -0.1) is 0 Å². The fourth-order valence-corrected chi connectivity index (χ4v) is 4.92.